The molecule has 0 bridgehead atoms. The SMILES string of the molecule is CC(=O)N(CCC(=O)Nc1ccccc1Cl)Cc1ccccc1. The minimum Gasteiger partial charge on any atom is -0.338 e. The molecule has 120 valence electrons. The van der Waals surface area contributed by atoms with Gasteiger partial charge in [0, 0.05) is 26.4 Å². The molecule has 5 heteroatoms. The van der Waals surface area contributed by atoms with Gasteiger partial charge >= 0.3 is 0 Å². The maximum atomic E-state index is 12.0. The molecular weight excluding hydrogens is 312 g/mol. The number of para-hydroxylation sites is 1. The van der Waals surface area contributed by atoms with Gasteiger partial charge in [0.15, 0.2) is 0 Å². The molecule has 4 nitrogen and oxygen atoms in total. The van der Waals surface area contributed by atoms with E-state index in [-0.39, 0.29) is 18.2 Å². The summed E-state index contributed by atoms with van der Waals surface area (Å²) in [6.07, 6.45) is 0.220. The number of amides is 2. The largest absolute Gasteiger partial charge is 0.338 e. The van der Waals surface area contributed by atoms with Gasteiger partial charge in [-0.15, -0.1) is 0 Å². The van der Waals surface area contributed by atoms with Crippen molar-refractivity contribution < 1.29 is 9.59 Å². The van der Waals surface area contributed by atoms with Gasteiger partial charge in [-0.2, -0.15) is 0 Å². The quantitative estimate of drug-likeness (QED) is 0.877. The molecule has 0 saturated carbocycles. The molecule has 0 radical (unpaired) electrons. The van der Waals surface area contributed by atoms with Gasteiger partial charge in [-0.3, -0.25) is 9.59 Å². The summed E-state index contributed by atoms with van der Waals surface area (Å²) in [4.78, 5) is 25.4. The van der Waals surface area contributed by atoms with Gasteiger partial charge in [-0.05, 0) is 17.7 Å². The molecule has 0 spiro atoms. The molecular formula is C18H19ClN2O2. The highest BCUT2D eigenvalue weighted by Crippen LogP contribution is 2.20. The zero-order valence-corrected chi connectivity index (χ0v) is 13.7. The number of nitrogens with one attached hydrogen (secondary N) is 1. The van der Waals surface area contributed by atoms with Crippen molar-refractivity contribution >= 4 is 29.1 Å². The summed E-state index contributed by atoms with van der Waals surface area (Å²) in [5.74, 6) is -0.225. The molecule has 2 amide bonds. The standard InChI is InChI=1S/C18H19ClN2O2/c1-14(22)21(13-15-7-3-2-4-8-15)12-11-18(23)20-17-10-6-5-9-16(17)19/h2-10H,11-13H2,1H3,(H,20,23). The van der Waals surface area contributed by atoms with E-state index in [1.54, 1.807) is 29.2 Å². The summed E-state index contributed by atoms with van der Waals surface area (Å²) in [6.45, 7) is 2.37. The number of benzene rings is 2. The Morgan fingerprint density at radius 3 is 2.35 bits per heavy atom. The number of nitrogens with zero attached hydrogens (tertiary/aromatic N) is 1. The Morgan fingerprint density at radius 2 is 1.70 bits per heavy atom. The molecule has 0 atom stereocenters. The van der Waals surface area contributed by atoms with E-state index in [2.05, 4.69) is 5.32 Å². The lowest BCUT2D eigenvalue weighted by Crippen LogP contribution is -2.31. The van der Waals surface area contributed by atoms with Crippen LogP contribution in [-0.4, -0.2) is 23.3 Å². The number of halogens is 1. The van der Waals surface area contributed by atoms with E-state index in [1.165, 1.54) is 6.92 Å². The Kier molecular flexibility index (Phi) is 6.18. The van der Waals surface area contributed by atoms with Crippen LogP contribution in [0.3, 0.4) is 0 Å². The van der Waals surface area contributed by atoms with Crippen molar-refractivity contribution in [3.8, 4) is 0 Å². The first-order chi connectivity index (χ1) is 11.1. The van der Waals surface area contributed by atoms with Crippen LogP contribution in [0.15, 0.2) is 54.6 Å². The lowest BCUT2D eigenvalue weighted by Gasteiger charge is -2.21. The van der Waals surface area contributed by atoms with Crippen LogP contribution >= 0.6 is 11.6 Å². The van der Waals surface area contributed by atoms with Crippen molar-refractivity contribution in [1.29, 1.82) is 0 Å². The van der Waals surface area contributed by atoms with E-state index in [0.29, 0.717) is 23.8 Å². The summed E-state index contributed by atoms with van der Waals surface area (Å²) >= 11 is 6.01. The summed E-state index contributed by atoms with van der Waals surface area (Å²) in [6, 6.07) is 16.8. The van der Waals surface area contributed by atoms with Crippen LogP contribution in [0.5, 0.6) is 0 Å². The van der Waals surface area contributed by atoms with Gasteiger partial charge in [0.1, 0.15) is 0 Å². The van der Waals surface area contributed by atoms with E-state index >= 15 is 0 Å². The fraction of sp³-hybridized carbons (Fsp3) is 0.222. The highest BCUT2D eigenvalue weighted by Gasteiger charge is 2.12. The third-order valence-corrected chi connectivity index (χ3v) is 3.75. The lowest BCUT2D eigenvalue weighted by molar-refractivity contribution is -0.129. The lowest BCUT2D eigenvalue weighted by atomic mass is 10.2. The van der Waals surface area contributed by atoms with Crippen molar-refractivity contribution in [2.75, 3.05) is 11.9 Å². The summed E-state index contributed by atoms with van der Waals surface area (Å²) < 4.78 is 0. The summed E-state index contributed by atoms with van der Waals surface area (Å²) in [5, 5.41) is 3.25. The number of anilines is 1. The third kappa shape index (κ3) is 5.42. The van der Waals surface area contributed by atoms with E-state index in [9.17, 15) is 9.59 Å². The van der Waals surface area contributed by atoms with Crippen LogP contribution in [0, 0.1) is 0 Å². The van der Waals surface area contributed by atoms with E-state index in [4.69, 9.17) is 11.6 Å². The van der Waals surface area contributed by atoms with Crippen molar-refractivity contribution in [1.82, 2.24) is 4.90 Å². The molecule has 1 N–H and O–H groups in total. The van der Waals surface area contributed by atoms with E-state index in [1.807, 2.05) is 30.3 Å². The van der Waals surface area contributed by atoms with Crippen molar-refractivity contribution in [3.63, 3.8) is 0 Å². The molecule has 0 aromatic heterocycles. The van der Waals surface area contributed by atoms with Gasteiger partial charge in [0.25, 0.3) is 0 Å². The topological polar surface area (TPSA) is 49.4 Å². The predicted octanol–water partition coefficient (Wildman–Crippen LogP) is 3.72. The average molecular weight is 331 g/mol. The van der Waals surface area contributed by atoms with Gasteiger partial charge in [0.2, 0.25) is 11.8 Å². The first kappa shape index (κ1) is 17.0. The molecule has 2 aromatic rings. The van der Waals surface area contributed by atoms with Crippen LogP contribution in [0.2, 0.25) is 5.02 Å². The van der Waals surface area contributed by atoms with Crippen LogP contribution in [0.1, 0.15) is 18.9 Å². The Morgan fingerprint density at radius 1 is 1.04 bits per heavy atom. The Bertz CT molecular complexity index is 674. The Labute approximate surface area is 141 Å². The van der Waals surface area contributed by atoms with Crippen molar-refractivity contribution in [3.05, 3.63) is 65.2 Å². The van der Waals surface area contributed by atoms with E-state index in [0.717, 1.165) is 5.56 Å². The number of hydrogen-bond acceptors (Lipinski definition) is 2. The molecule has 0 saturated heterocycles. The average Bonchev–Trinajstić information content (AvgIpc) is 2.54. The molecule has 23 heavy (non-hydrogen) atoms. The van der Waals surface area contributed by atoms with Crippen LogP contribution in [0.25, 0.3) is 0 Å². The number of hydrogen-bond donors (Lipinski definition) is 1. The second kappa shape index (κ2) is 8.34. The molecule has 2 rings (SSSR count). The zero-order valence-electron chi connectivity index (χ0n) is 13.0. The first-order valence-corrected chi connectivity index (χ1v) is 7.78. The maximum Gasteiger partial charge on any atom is 0.226 e. The van der Waals surface area contributed by atoms with Crippen LogP contribution < -0.4 is 5.32 Å². The Balaban J connectivity index is 1.90. The molecule has 0 fully saturated rings. The van der Waals surface area contributed by atoms with Gasteiger partial charge in [-0.25, -0.2) is 0 Å². The highest BCUT2D eigenvalue weighted by molar-refractivity contribution is 6.33. The molecule has 0 aliphatic carbocycles. The third-order valence-electron chi connectivity index (χ3n) is 3.42. The number of rotatable bonds is 6. The molecule has 0 aliphatic rings. The number of carbonyl (C=O) groups excluding carboxylic acids is 2. The fourth-order valence-electron chi connectivity index (χ4n) is 2.16. The summed E-state index contributed by atoms with van der Waals surface area (Å²) in [7, 11) is 0. The van der Waals surface area contributed by atoms with Crippen molar-refractivity contribution in [2.45, 2.75) is 19.9 Å². The van der Waals surface area contributed by atoms with Gasteiger partial charge in [0.05, 0.1) is 10.7 Å². The van der Waals surface area contributed by atoms with Crippen LogP contribution in [0.4, 0.5) is 5.69 Å². The summed E-state index contributed by atoms with van der Waals surface area (Å²) in [5.41, 5.74) is 1.62. The minimum absolute atomic E-state index is 0.0561. The molecule has 0 aliphatic heterocycles. The predicted molar refractivity (Wildman–Crippen MR) is 92.2 cm³/mol. The molecule has 2 aromatic carbocycles. The smallest absolute Gasteiger partial charge is 0.226 e. The highest BCUT2D eigenvalue weighted by atomic mass is 35.5. The van der Waals surface area contributed by atoms with E-state index < -0.39 is 0 Å². The van der Waals surface area contributed by atoms with Crippen LogP contribution in [-0.2, 0) is 16.1 Å². The fourth-order valence-corrected chi connectivity index (χ4v) is 2.35. The van der Waals surface area contributed by atoms with Crippen molar-refractivity contribution in [2.24, 2.45) is 0 Å². The minimum atomic E-state index is -0.169. The maximum absolute atomic E-state index is 12.0. The number of carbonyl (C=O) groups is 2. The second-order valence-electron chi connectivity index (χ2n) is 5.20. The van der Waals surface area contributed by atoms with Gasteiger partial charge in [-0.1, -0.05) is 54.1 Å². The first-order valence-electron chi connectivity index (χ1n) is 7.40. The Hall–Kier alpha value is -2.33. The molecule has 0 unspecified atom stereocenters. The normalized spacial score (nSPS) is 10.2. The molecule has 0 heterocycles. The monoisotopic (exact) mass is 330 g/mol. The second-order valence-corrected chi connectivity index (χ2v) is 5.61. The van der Waals surface area contributed by atoms with Gasteiger partial charge < -0.3 is 10.2 Å². The zero-order chi connectivity index (χ0) is 16.7.